The summed E-state index contributed by atoms with van der Waals surface area (Å²) in [6.07, 6.45) is 0. The first-order valence-electron chi connectivity index (χ1n) is 8.05. The Morgan fingerprint density at radius 3 is 2.72 bits per heavy atom. The number of rotatable bonds is 5. The first kappa shape index (κ1) is 17.6. The van der Waals surface area contributed by atoms with Crippen LogP contribution in [0.4, 0.5) is 0 Å². The zero-order chi connectivity index (χ0) is 17.6. The van der Waals surface area contributed by atoms with Gasteiger partial charge in [0, 0.05) is 30.7 Å². The molecule has 2 heterocycles. The van der Waals surface area contributed by atoms with E-state index < -0.39 is 0 Å². The molecular formula is C17H19ClN4O3. The van der Waals surface area contributed by atoms with Crippen molar-refractivity contribution in [3.63, 3.8) is 0 Å². The van der Waals surface area contributed by atoms with Gasteiger partial charge in [0.15, 0.2) is 0 Å². The molecule has 0 saturated carbocycles. The highest BCUT2D eigenvalue weighted by Crippen LogP contribution is 2.27. The van der Waals surface area contributed by atoms with Gasteiger partial charge in [-0.25, -0.2) is 5.10 Å². The van der Waals surface area contributed by atoms with Crippen LogP contribution < -0.4 is 10.9 Å². The molecule has 2 aromatic rings. The summed E-state index contributed by atoms with van der Waals surface area (Å²) in [5.74, 6) is -0.346. The Bertz CT molecular complexity index is 769. The number of amides is 1. The van der Waals surface area contributed by atoms with Crippen molar-refractivity contribution in [2.45, 2.75) is 6.04 Å². The van der Waals surface area contributed by atoms with Crippen LogP contribution in [0.15, 0.2) is 41.2 Å². The third kappa shape index (κ3) is 4.45. The molecule has 1 atom stereocenters. The van der Waals surface area contributed by atoms with E-state index in [1.807, 2.05) is 24.3 Å². The normalized spacial score (nSPS) is 16.4. The standard InChI is InChI=1S/C17H19ClN4O3/c18-13-4-2-1-3-12(13)15(22-7-9-25-10-8-22)11-19-17(24)14-5-6-16(23)21-20-14/h1-6,15H,7-11H2,(H,19,24)(H,21,23)/t15-/m0/s1. The van der Waals surface area contributed by atoms with Gasteiger partial charge in [-0.3, -0.25) is 14.5 Å². The molecule has 0 unspecified atom stereocenters. The van der Waals surface area contributed by atoms with Crippen LogP contribution >= 0.6 is 11.6 Å². The molecule has 2 N–H and O–H groups in total. The first-order chi connectivity index (χ1) is 12.1. The Labute approximate surface area is 149 Å². The van der Waals surface area contributed by atoms with E-state index in [-0.39, 0.29) is 23.2 Å². The summed E-state index contributed by atoms with van der Waals surface area (Å²) in [7, 11) is 0. The number of hydrogen-bond acceptors (Lipinski definition) is 5. The van der Waals surface area contributed by atoms with Gasteiger partial charge in [-0.2, -0.15) is 5.10 Å². The Morgan fingerprint density at radius 1 is 1.28 bits per heavy atom. The molecule has 0 radical (unpaired) electrons. The third-order valence-electron chi connectivity index (χ3n) is 4.12. The topological polar surface area (TPSA) is 87.3 Å². The highest BCUT2D eigenvalue weighted by Gasteiger charge is 2.25. The molecule has 0 spiro atoms. The maximum Gasteiger partial charge on any atom is 0.271 e. The summed E-state index contributed by atoms with van der Waals surface area (Å²) < 4.78 is 5.42. The number of nitrogens with one attached hydrogen (secondary N) is 2. The number of hydrogen-bond donors (Lipinski definition) is 2. The van der Waals surface area contributed by atoms with E-state index in [1.54, 1.807) is 0 Å². The molecule has 1 aromatic heterocycles. The van der Waals surface area contributed by atoms with E-state index in [9.17, 15) is 9.59 Å². The Morgan fingerprint density at radius 2 is 2.04 bits per heavy atom. The number of benzene rings is 1. The van der Waals surface area contributed by atoms with Gasteiger partial charge in [-0.1, -0.05) is 29.8 Å². The van der Waals surface area contributed by atoms with E-state index in [0.717, 1.165) is 18.7 Å². The first-order valence-corrected chi connectivity index (χ1v) is 8.43. The zero-order valence-corrected chi connectivity index (χ0v) is 14.3. The number of halogens is 1. The molecule has 1 aliphatic rings. The predicted molar refractivity (Wildman–Crippen MR) is 93.8 cm³/mol. The molecule has 1 aromatic carbocycles. The minimum atomic E-state index is -0.348. The number of carbonyl (C=O) groups excluding carboxylic acids is 1. The monoisotopic (exact) mass is 362 g/mol. The fourth-order valence-corrected chi connectivity index (χ4v) is 3.08. The van der Waals surface area contributed by atoms with Crippen molar-refractivity contribution in [1.82, 2.24) is 20.4 Å². The van der Waals surface area contributed by atoms with Crippen LogP contribution in [-0.4, -0.2) is 53.9 Å². The Kier molecular flexibility index (Phi) is 5.80. The van der Waals surface area contributed by atoms with Gasteiger partial charge in [-0.05, 0) is 17.7 Å². The lowest BCUT2D eigenvalue weighted by atomic mass is 10.0. The molecule has 0 bridgehead atoms. The largest absolute Gasteiger partial charge is 0.379 e. The molecule has 25 heavy (non-hydrogen) atoms. The lowest BCUT2D eigenvalue weighted by molar-refractivity contribution is 0.0162. The van der Waals surface area contributed by atoms with Gasteiger partial charge in [0.1, 0.15) is 5.69 Å². The smallest absolute Gasteiger partial charge is 0.271 e. The van der Waals surface area contributed by atoms with Crippen LogP contribution in [-0.2, 0) is 4.74 Å². The van der Waals surface area contributed by atoms with Gasteiger partial charge < -0.3 is 10.1 Å². The van der Waals surface area contributed by atoms with Gasteiger partial charge in [0.2, 0.25) is 0 Å². The number of aromatic nitrogens is 2. The quantitative estimate of drug-likeness (QED) is 0.835. The van der Waals surface area contributed by atoms with E-state index in [0.29, 0.717) is 24.8 Å². The average Bonchev–Trinajstić information content (AvgIpc) is 2.64. The van der Waals surface area contributed by atoms with Crippen LogP contribution in [0.2, 0.25) is 5.02 Å². The Hall–Kier alpha value is -2.22. The molecule has 1 fully saturated rings. The highest BCUT2D eigenvalue weighted by molar-refractivity contribution is 6.31. The molecule has 7 nitrogen and oxygen atoms in total. The second kappa shape index (κ2) is 8.24. The van der Waals surface area contributed by atoms with Gasteiger partial charge in [0.25, 0.3) is 11.5 Å². The van der Waals surface area contributed by atoms with Crippen molar-refractivity contribution in [2.75, 3.05) is 32.8 Å². The van der Waals surface area contributed by atoms with Crippen molar-refractivity contribution in [2.24, 2.45) is 0 Å². The maximum absolute atomic E-state index is 12.3. The number of H-pyrrole nitrogens is 1. The molecule has 1 amide bonds. The fourth-order valence-electron chi connectivity index (χ4n) is 2.82. The minimum Gasteiger partial charge on any atom is -0.379 e. The van der Waals surface area contributed by atoms with Crippen molar-refractivity contribution in [3.8, 4) is 0 Å². The molecule has 132 valence electrons. The van der Waals surface area contributed by atoms with E-state index in [4.69, 9.17) is 16.3 Å². The summed E-state index contributed by atoms with van der Waals surface area (Å²) in [6.45, 7) is 3.21. The molecule has 1 aliphatic heterocycles. The van der Waals surface area contributed by atoms with Crippen LogP contribution in [0, 0.1) is 0 Å². The number of aromatic amines is 1. The second-order valence-corrected chi connectivity index (χ2v) is 6.11. The third-order valence-corrected chi connectivity index (χ3v) is 4.46. The Balaban J connectivity index is 1.75. The highest BCUT2D eigenvalue weighted by atomic mass is 35.5. The lowest BCUT2D eigenvalue weighted by Crippen LogP contribution is -2.44. The summed E-state index contributed by atoms with van der Waals surface area (Å²) in [5.41, 5.74) is 0.777. The lowest BCUT2D eigenvalue weighted by Gasteiger charge is -2.35. The fraction of sp³-hybridized carbons (Fsp3) is 0.353. The van der Waals surface area contributed by atoms with Gasteiger partial charge in [0.05, 0.1) is 19.3 Å². The van der Waals surface area contributed by atoms with Crippen molar-refractivity contribution >= 4 is 17.5 Å². The van der Waals surface area contributed by atoms with Gasteiger partial charge in [-0.15, -0.1) is 0 Å². The summed E-state index contributed by atoms with van der Waals surface area (Å²) >= 11 is 6.37. The minimum absolute atomic E-state index is 0.0655. The van der Waals surface area contributed by atoms with E-state index in [2.05, 4.69) is 20.4 Å². The van der Waals surface area contributed by atoms with Crippen LogP contribution in [0.25, 0.3) is 0 Å². The summed E-state index contributed by atoms with van der Waals surface area (Å²) in [6, 6.07) is 10.2. The second-order valence-electron chi connectivity index (χ2n) is 5.70. The van der Waals surface area contributed by atoms with Crippen LogP contribution in [0.5, 0.6) is 0 Å². The summed E-state index contributed by atoms with van der Waals surface area (Å²) in [4.78, 5) is 25.6. The van der Waals surface area contributed by atoms with Crippen LogP contribution in [0.3, 0.4) is 0 Å². The number of carbonyl (C=O) groups is 1. The zero-order valence-electron chi connectivity index (χ0n) is 13.6. The van der Waals surface area contributed by atoms with E-state index >= 15 is 0 Å². The predicted octanol–water partition coefficient (Wildman–Crippen LogP) is 1.23. The van der Waals surface area contributed by atoms with Crippen LogP contribution in [0.1, 0.15) is 22.1 Å². The average molecular weight is 363 g/mol. The molecule has 3 rings (SSSR count). The van der Waals surface area contributed by atoms with Crippen molar-refractivity contribution in [1.29, 1.82) is 0 Å². The molecule has 8 heteroatoms. The van der Waals surface area contributed by atoms with E-state index in [1.165, 1.54) is 12.1 Å². The molecule has 0 aliphatic carbocycles. The maximum atomic E-state index is 12.3. The number of ether oxygens (including phenoxy) is 1. The summed E-state index contributed by atoms with van der Waals surface area (Å²) in [5, 5.41) is 9.55. The number of morpholine rings is 1. The SMILES string of the molecule is O=C(NC[C@@H](c1ccccc1Cl)N1CCOCC1)c1ccc(=O)[nH]n1. The van der Waals surface area contributed by atoms with Gasteiger partial charge >= 0.3 is 0 Å². The van der Waals surface area contributed by atoms with Crippen molar-refractivity contribution in [3.05, 3.63) is 63.0 Å². The molecule has 1 saturated heterocycles. The number of nitrogens with zero attached hydrogens (tertiary/aromatic N) is 2. The van der Waals surface area contributed by atoms with Crippen molar-refractivity contribution < 1.29 is 9.53 Å². The molecular weight excluding hydrogens is 344 g/mol.